The van der Waals surface area contributed by atoms with Gasteiger partial charge in [0.15, 0.2) is 0 Å². The number of urea groups is 1. The Hall–Kier alpha value is -0.970. The van der Waals surface area contributed by atoms with Crippen molar-refractivity contribution in [1.29, 1.82) is 0 Å². The molecule has 21 heavy (non-hydrogen) atoms. The first-order valence-electron chi connectivity index (χ1n) is 7.27. The molecule has 116 valence electrons. The first kappa shape index (κ1) is 16.4. The maximum atomic E-state index is 12.5. The molecule has 0 radical (unpaired) electrons. The average molecular weight is 330 g/mol. The molecule has 1 fully saturated rings. The molecule has 1 aromatic carbocycles. The number of carbonyl (C=O) groups is 1. The number of hydrogen-bond acceptors (Lipinski definition) is 2. The van der Waals surface area contributed by atoms with Crippen molar-refractivity contribution in [1.82, 2.24) is 4.90 Å². The number of piperidine rings is 1. The number of hydrogen-bond donors (Lipinski definition) is 2. The highest BCUT2D eigenvalue weighted by Crippen LogP contribution is 2.28. The van der Waals surface area contributed by atoms with Gasteiger partial charge in [-0.05, 0) is 37.0 Å². The summed E-state index contributed by atoms with van der Waals surface area (Å²) in [5.74, 6) is 0.650. The molecule has 0 spiro atoms. The van der Waals surface area contributed by atoms with Gasteiger partial charge in [-0.1, -0.05) is 36.5 Å². The third-order valence-electron chi connectivity index (χ3n) is 4.10. The van der Waals surface area contributed by atoms with E-state index in [1.807, 2.05) is 4.90 Å². The molecule has 1 aromatic rings. The van der Waals surface area contributed by atoms with Gasteiger partial charge in [-0.15, -0.1) is 0 Å². The van der Waals surface area contributed by atoms with E-state index >= 15 is 0 Å². The van der Waals surface area contributed by atoms with Crippen molar-refractivity contribution in [3.8, 4) is 0 Å². The summed E-state index contributed by atoms with van der Waals surface area (Å²) in [6.07, 6.45) is 3.11. The average Bonchev–Trinajstić information content (AvgIpc) is 2.50. The maximum absolute atomic E-state index is 12.5. The van der Waals surface area contributed by atoms with E-state index in [0.29, 0.717) is 28.2 Å². The molecule has 0 saturated carbocycles. The minimum Gasteiger partial charge on any atom is -0.328 e. The first-order chi connectivity index (χ1) is 10.0. The van der Waals surface area contributed by atoms with Gasteiger partial charge in [0.25, 0.3) is 0 Å². The van der Waals surface area contributed by atoms with E-state index < -0.39 is 0 Å². The van der Waals surface area contributed by atoms with Crippen LogP contribution in [-0.2, 0) is 0 Å². The summed E-state index contributed by atoms with van der Waals surface area (Å²) in [7, 11) is 0. The Balaban J connectivity index is 2.07. The van der Waals surface area contributed by atoms with Crippen molar-refractivity contribution >= 4 is 34.9 Å². The molecular formula is C15H21Cl2N3O. The Morgan fingerprint density at radius 3 is 2.90 bits per heavy atom. The fourth-order valence-electron chi connectivity index (χ4n) is 2.78. The monoisotopic (exact) mass is 329 g/mol. The van der Waals surface area contributed by atoms with Crippen LogP contribution in [0, 0.1) is 5.92 Å². The number of likely N-dealkylation sites (tertiary alicyclic amines) is 1. The molecule has 0 aliphatic carbocycles. The predicted molar refractivity (Wildman–Crippen MR) is 88.0 cm³/mol. The van der Waals surface area contributed by atoms with E-state index in [1.54, 1.807) is 18.2 Å². The van der Waals surface area contributed by atoms with Gasteiger partial charge in [0.2, 0.25) is 0 Å². The lowest BCUT2D eigenvalue weighted by atomic mass is 9.89. The molecule has 1 heterocycles. The summed E-state index contributed by atoms with van der Waals surface area (Å²) in [4.78, 5) is 14.3. The van der Waals surface area contributed by atoms with Crippen molar-refractivity contribution < 1.29 is 4.79 Å². The van der Waals surface area contributed by atoms with Crippen LogP contribution in [0.25, 0.3) is 0 Å². The summed E-state index contributed by atoms with van der Waals surface area (Å²) in [5, 5.41) is 3.84. The molecule has 3 N–H and O–H groups in total. The molecule has 2 rings (SSSR count). The Kier molecular flexibility index (Phi) is 5.73. The number of amides is 2. The third-order valence-corrected chi connectivity index (χ3v) is 4.67. The van der Waals surface area contributed by atoms with Crippen molar-refractivity contribution in [3.05, 3.63) is 28.2 Å². The van der Waals surface area contributed by atoms with Gasteiger partial charge in [0.1, 0.15) is 0 Å². The Morgan fingerprint density at radius 1 is 1.48 bits per heavy atom. The zero-order valence-electron chi connectivity index (χ0n) is 12.1. The number of nitrogens with one attached hydrogen (secondary N) is 1. The van der Waals surface area contributed by atoms with Crippen LogP contribution in [-0.4, -0.2) is 30.1 Å². The zero-order chi connectivity index (χ0) is 15.4. The van der Waals surface area contributed by atoms with Crippen molar-refractivity contribution in [2.24, 2.45) is 11.7 Å². The van der Waals surface area contributed by atoms with Crippen LogP contribution in [0.15, 0.2) is 18.2 Å². The summed E-state index contributed by atoms with van der Waals surface area (Å²) in [6, 6.07) is 4.93. The van der Waals surface area contributed by atoms with E-state index in [0.717, 1.165) is 25.8 Å². The van der Waals surface area contributed by atoms with Crippen LogP contribution in [0.1, 0.15) is 26.2 Å². The smallest absolute Gasteiger partial charge is 0.322 e. The molecule has 2 atom stereocenters. The summed E-state index contributed by atoms with van der Waals surface area (Å²) < 4.78 is 0. The molecule has 1 saturated heterocycles. The second-order valence-corrected chi connectivity index (χ2v) is 6.28. The number of halogens is 2. The molecule has 2 unspecified atom stereocenters. The van der Waals surface area contributed by atoms with Crippen LogP contribution < -0.4 is 11.1 Å². The molecule has 0 aromatic heterocycles. The number of benzene rings is 1. The zero-order valence-corrected chi connectivity index (χ0v) is 13.6. The molecule has 1 aliphatic rings. The minimum atomic E-state index is -0.163. The van der Waals surface area contributed by atoms with Crippen LogP contribution in [0.4, 0.5) is 10.5 Å². The third kappa shape index (κ3) is 4.02. The van der Waals surface area contributed by atoms with E-state index in [4.69, 9.17) is 28.9 Å². The van der Waals surface area contributed by atoms with Crippen molar-refractivity contribution in [3.63, 3.8) is 0 Å². The quantitative estimate of drug-likeness (QED) is 0.881. The van der Waals surface area contributed by atoms with Crippen molar-refractivity contribution in [2.45, 2.75) is 32.2 Å². The molecular weight excluding hydrogens is 309 g/mol. The lowest BCUT2D eigenvalue weighted by Crippen LogP contribution is -2.51. The van der Waals surface area contributed by atoms with Gasteiger partial charge in [-0.2, -0.15) is 0 Å². The van der Waals surface area contributed by atoms with E-state index in [-0.39, 0.29) is 12.1 Å². The second kappa shape index (κ2) is 7.34. The topological polar surface area (TPSA) is 58.4 Å². The molecule has 2 amide bonds. The number of nitrogens with zero attached hydrogens (tertiary/aromatic N) is 1. The highest BCUT2D eigenvalue weighted by Gasteiger charge is 2.30. The standard InChI is InChI=1S/C15H21Cl2N3O/c1-2-10-5-6-20(12(7-10)9-18)15(21)19-14-8-11(16)3-4-13(14)17/h3-4,8,10,12H,2,5-7,9,18H2,1H3,(H,19,21). The number of nitrogens with two attached hydrogens (primary N) is 1. The number of rotatable bonds is 3. The lowest BCUT2D eigenvalue weighted by molar-refractivity contribution is 0.138. The molecule has 4 nitrogen and oxygen atoms in total. The fraction of sp³-hybridized carbons (Fsp3) is 0.533. The largest absolute Gasteiger partial charge is 0.328 e. The summed E-state index contributed by atoms with van der Waals surface area (Å²) in [6.45, 7) is 3.39. The summed E-state index contributed by atoms with van der Waals surface area (Å²) in [5.41, 5.74) is 6.36. The van der Waals surface area contributed by atoms with Gasteiger partial charge in [-0.25, -0.2) is 4.79 Å². The highest BCUT2D eigenvalue weighted by molar-refractivity contribution is 6.35. The van der Waals surface area contributed by atoms with Crippen LogP contribution in [0.2, 0.25) is 10.0 Å². The van der Waals surface area contributed by atoms with E-state index in [1.165, 1.54) is 0 Å². The Bertz CT molecular complexity index is 510. The van der Waals surface area contributed by atoms with Gasteiger partial charge >= 0.3 is 6.03 Å². The fourth-order valence-corrected chi connectivity index (χ4v) is 3.11. The minimum absolute atomic E-state index is 0.0849. The number of anilines is 1. The normalized spacial score (nSPS) is 22.2. The van der Waals surface area contributed by atoms with E-state index in [9.17, 15) is 4.79 Å². The maximum Gasteiger partial charge on any atom is 0.322 e. The van der Waals surface area contributed by atoms with Crippen LogP contribution in [0.3, 0.4) is 0 Å². The Morgan fingerprint density at radius 2 is 2.24 bits per heavy atom. The molecule has 6 heteroatoms. The molecule has 1 aliphatic heterocycles. The summed E-state index contributed by atoms with van der Waals surface area (Å²) >= 11 is 12.0. The predicted octanol–water partition coefficient (Wildman–Crippen LogP) is 3.97. The van der Waals surface area contributed by atoms with Crippen molar-refractivity contribution in [2.75, 3.05) is 18.4 Å². The number of carbonyl (C=O) groups excluding carboxylic acids is 1. The van der Waals surface area contributed by atoms with Gasteiger partial charge in [0, 0.05) is 24.2 Å². The Labute approximate surface area is 135 Å². The molecule has 0 bridgehead atoms. The van der Waals surface area contributed by atoms with Gasteiger partial charge in [-0.3, -0.25) is 0 Å². The first-order valence-corrected chi connectivity index (χ1v) is 8.03. The van der Waals surface area contributed by atoms with Gasteiger partial charge in [0.05, 0.1) is 10.7 Å². The lowest BCUT2D eigenvalue weighted by Gasteiger charge is -2.38. The van der Waals surface area contributed by atoms with Crippen LogP contribution >= 0.6 is 23.2 Å². The SMILES string of the molecule is CCC1CCN(C(=O)Nc2cc(Cl)ccc2Cl)C(CN)C1. The van der Waals surface area contributed by atoms with Crippen LogP contribution in [0.5, 0.6) is 0 Å². The van der Waals surface area contributed by atoms with Gasteiger partial charge < -0.3 is 16.0 Å². The highest BCUT2D eigenvalue weighted by atomic mass is 35.5. The van der Waals surface area contributed by atoms with E-state index in [2.05, 4.69) is 12.2 Å². The second-order valence-electron chi connectivity index (χ2n) is 5.44.